The lowest BCUT2D eigenvalue weighted by Gasteiger charge is -2.45. The minimum Gasteiger partial charge on any atom is -0.361 e. The van der Waals surface area contributed by atoms with E-state index >= 15 is 0 Å². The summed E-state index contributed by atoms with van der Waals surface area (Å²) in [7, 11) is 0. The number of nitrogens with one attached hydrogen (secondary N) is 8. The molecular weight excluding hydrogens is 1270 g/mol. The number of carbonyl (C=O) groups excluding carboxylic acids is 12. The standard InChI is InChI=1S/C16H17N3O2.C12H18N2O2.2C11H14N4O2.C9H12N2O2.C8H12N2O2S/c20-15-14-6-3-7-19(14)16(21)13(18-15)8-10-9-17-12-5-2-1-4-11(10)12;15-10-9-5-4-8-14(9)11(16)12(13-10)6-2-1-3-7-12;16-10-9-2-1-4-15(9)11(17)8(13-10)6-14-5-3-12-7-14;16-10-9-2-1-3-15(9)11(17)8(14-10)4-7-5-12-6-13-7;12-7-6-2-1-5-11(6)8(13)9(10-7)3-4-9;11-7-6-2-1-3-10(6)8(12)5(4-13)9-7/h1-2,4-5,9,13-14,17H,3,6-8H2,(H,18,20);9H,1-8H2,(H,13,15);3,5,8-9H,1-2,4,6-7H2;5-6,8-9H,1-4H2,(H,12,13)(H,14,16);6H,1-5H2,(H,10,12);5-6,13H,1-4H2,(H,9,11)/p+1/t13-,14-;9-;2*8-,9-;6-;5-,6-/m000000/s1. The molecule has 0 unspecified atom stereocenters. The van der Waals surface area contributed by atoms with Crippen molar-refractivity contribution in [2.24, 2.45) is 4.99 Å². The zero-order valence-electron chi connectivity index (χ0n) is 54.6. The number of benzene rings is 1. The summed E-state index contributed by atoms with van der Waals surface area (Å²) in [4.78, 5) is 168. The molecule has 18 rings (SSSR count). The largest absolute Gasteiger partial charge is 0.361 e. The number of hydrogen-bond donors (Lipinski definition) is 9. The van der Waals surface area contributed by atoms with Gasteiger partial charge in [-0.15, -0.1) is 0 Å². The van der Waals surface area contributed by atoms with Gasteiger partial charge in [0.25, 0.3) is 5.91 Å². The van der Waals surface area contributed by atoms with Crippen LogP contribution in [0.15, 0.2) is 48.0 Å². The third-order valence-corrected chi connectivity index (χ3v) is 22.1. The number of aliphatic imine (C=N–C) groups is 1. The number of imidazole rings is 1. The summed E-state index contributed by atoms with van der Waals surface area (Å²) < 4.78 is 1.93. The highest BCUT2D eigenvalue weighted by molar-refractivity contribution is 7.80. The van der Waals surface area contributed by atoms with Gasteiger partial charge in [-0.2, -0.15) is 12.6 Å². The summed E-state index contributed by atoms with van der Waals surface area (Å²) in [6.07, 6.45) is 26.9. The van der Waals surface area contributed by atoms with E-state index in [0.29, 0.717) is 51.4 Å². The second kappa shape index (κ2) is 28.4. The maximum Gasteiger partial charge on any atom is 0.252 e. The van der Waals surface area contributed by atoms with Crippen LogP contribution in [-0.4, -0.2) is 262 Å². The van der Waals surface area contributed by atoms with Crippen LogP contribution < -0.4 is 31.9 Å². The van der Waals surface area contributed by atoms with Crippen LogP contribution in [0.25, 0.3) is 10.9 Å². The molecule has 14 fully saturated rings. The first kappa shape index (κ1) is 66.9. The number of hydrogen-bond acceptors (Lipinski definition) is 15. The molecule has 8 N–H and O–H groups in total. The van der Waals surface area contributed by atoms with Gasteiger partial charge in [0.05, 0.1) is 12.5 Å². The van der Waals surface area contributed by atoms with E-state index in [2.05, 4.69) is 64.5 Å². The van der Waals surface area contributed by atoms with Crippen LogP contribution in [0.4, 0.5) is 0 Å². The zero-order valence-corrected chi connectivity index (χ0v) is 55.4. The van der Waals surface area contributed by atoms with Crippen LogP contribution in [0.3, 0.4) is 0 Å². The molecule has 3 aromatic rings. The summed E-state index contributed by atoms with van der Waals surface area (Å²) in [5.74, 6) is 0.992. The predicted octanol–water partition coefficient (Wildman–Crippen LogP) is -0.902. The van der Waals surface area contributed by atoms with Crippen molar-refractivity contribution in [3.05, 3.63) is 54.2 Å². The molecule has 2 aliphatic carbocycles. The number of thiol groups is 1. The molecule has 13 aliphatic heterocycles. The Balaban J connectivity index is 0.000000106. The third-order valence-electron chi connectivity index (χ3n) is 21.8. The third kappa shape index (κ3) is 13.6. The first-order valence-corrected chi connectivity index (χ1v) is 35.5. The van der Waals surface area contributed by atoms with E-state index in [4.69, 9.17) is 0 Å². The minimum absolute atomic E-state index is 0.00283. The lowest BCUT2D eigenvalue weighted by molar-refractivity contribution is -0.518. The van der Waals surface area contributed by atoms with Crippen LogP contribution in [0.2, 0.25) is 0 Å². The molecule has 2 spiro atoms. The Labute approximate surface area is 566 Å². The van der Waals surface area contributed by atoms with Crippen molar-refractivity contribution in [1.82, 2.24) is 76.3 Å². The van der Waals surface area contributed by atoms with Crippen molar-refractivity contribution in [2.75, 3.05) is 58.2 Å². The monoisotopic (exact) mass is 1350 g/mol. The number of piperazine rings is 6. The topological polar surface area (TPSA) is 356 Å². The second-order valence-corrected chi connectivity index (χ2v) is 28.3. The first-order valence-electron chi connectivity index (χ1n) is 34.8. The average Bonchev–Trinajstić information content (AvgIpc) is 1.68. The highest BCUT2D eigenvalue weighted by Gasteiger charge is 2.59. The molecule has 10 atom stereocenters. The van der Waals surface area contributed by atoms with E-state index in [0.717, 1.165) is 157 Å². The van der Waals surface area contributed by atoms with E-state index in [1.165, 1.54) is 6.42 Å². The average molecular weight is 1360 g/mol. The van der Waals surface area contributed by atoms with E-state index in [9.17, 15) is 57.5 Å². The number of amides is 12. The van der Waals surface area contributed by atoms with Crippen molar-refractivity contribution in [3.8, 4) is 0 Å². The van der Waals surface area contributed by atoms with E-state index in [-0.39, 0.29) is 107 Å². The quantitative estimate of drug-likeness (QED) is 0.102. The van der Waals surface area contributed by atoms with Crippen molar-refractivity contribution >= 4 is 107 Å². The Morgan fingerprint density at radius 2 is 0.907 bits per heavy atom. The van der Waals surface area contributed by atoms with Gasteiger partial charge >= 0.3 is 0 Å². The van der Waals surface area contributed by atoms with Gasteiger partial charge in [-0.05, 0) is 114 Å². The summed E-state index contributed by atoms with van der Waals surface area (Å²) in [6.45, 7) is 5.49. The number of aromatic nitrogens is 3. The number of carbonyl (C=O) groups is 12. The molecule has 12 saturated heterocycles. The molecule has 15 aliphatic rings. The maximum atomic E-state index is 12.5. The fourth-order valence-electron chi connectivity index (χ4n) is 16.5. The number of para-hydroxylation sites is 1. The number of rotatable bonds is 7. The highest BCUT2D eigenvalue weighted by atomic mass is 32.1. The number of nitrogens with zero attached hydrogens (tertiary/aromatic N) is 9. The zero-order chi connectivity index (χ0) is 67.7. The van der Waals surface area contributed by atoms with Gasteiger partial charge in [0.15, 0.2) is 18.8 Å². The molecule has 12 amide bonds. The summed E-state index contributed by atoms with van der Waals surface area (Å²) in [5, 5.41) is 18.2. The van der Waals surface area contributed by atoms with Gasteiger partial charge in [0.1, 0.15) is 65.5 Å². The number of H-pyrrole nitrogens is 2. The van der Waals surface area contributed by atoms with Crippen LogP contribution in [0.1, 0.15) is 133 Å². The van der Waals surface area contributed by atoms with Crippen molar-refractivity contribution in [3.63, 3.8) is 0 Å². The molecular formula is C67H88N17O12S+. The molecule has 30 heteroatoms. The molecule has 15 heterocycles. The molecule has 518 valence electrons. The molecule has 2 aromatic heterocycles. The van der Waals surface area contributed by atoms with Crippen LogP contribution >= 0.6 is 12.6 Å². The van der Waals surface area contributed by atoms with Crippen LogP contribution in [0, 0.1) is 0 Å². The fraction of sp³-hybridized carbons (Fsp3) is 0.627. The van der Waals surface area contributed by atoms with Gasteiger partial charge in [-0.1, -0.05) is 37.5 Å². The predicted molar refractivity (Wildman–Crippen MR) is 353 cm³/mol. The normalized spacial score (nSPS) is 30.4. The lowest BCUT2D eigenvalue weighted by atomic mass is 9.79. The molecule has 97 heavy (non-hydrogen) atoms. The Morgan fingerprint density at radius 3 is 1.37 bits per heavy atom. The van der Waals surface area contributed by atoms with Gasteiger partial charge < -0.3 is 71.3 Å². The summed E-state index contributed by atoms with van der Waals surface area (Å²) in [5.41, 5.74) is 2.00. The van der Waals surface area contributed by atoms with E-state index in [1.54, 1.807) is 43.2 Å². The SMILES string of the molecule is O=C1NC2(CC2)C(=O)N2CCC[C@@H]12.O=C1NC2(CCCCC2)C(=O)N2CCC[C@@H]12.O=C1N[C@@H](CS)C(=O)N2CCC[C@@H]12.O=C1N[C@@H](C[N+]2=CC=NC2)C(=O)N2CCC[C@@H]12.O=C1N[C@@H](Cc2c[nH]c3ccccc23)C(=O)N2CCC[C@@H]12.O=C1N[C@@H](Cc2cnc[nH]2)C(=O)N2CCC[C@@H]12. The van der Waals surface area contributed by atoms with Crippen molar-refractivity contribution in [1.29, 1.82) is 0 Å². The smallest absolute Gasteiger partial charge is 0.252 e. The Hall–Kier alpha value is -8.70. The molecule has 2 saturated carbocycles. The highest BCUT2D eigenvalue weighted by Crippen LogP contribution is 2.42. The maximum absolute atomic E-state index is 12.5. The fourth-order valence-corrected chi connectivity index (χ4v) is 16.8. The Bertz CT molecular complexity index is 3660. The number of fused-ring (bicyclic) bond motifs is 7. The summed E-state index contributed by atoms with van der Waals surface area (Å²) in [6, 6.07) is 5.06. The van der Waals surface area contributed by atoms with Gasteiger partial charge in [0.2, 0.25) is 71.6 Å². The van der Waals surface area contributed by atoms with Crippen molar-refractivity contribution < 1.29 is 62.1 Å². The molecule has 0 radical (unpaired) electrons. The first-order chi connectivity index (χ1) is 46.9. The van der Waals surface area contributed by atoms with Gasteiger partial charge in [-0.3, -0.25) is 57.5 Å². The minimum atomic E-state index is -0.532. The van der Waals surface area contributed by atoms with Gasteiger partial charge in [0, 0.05) is 86.9 Å². The number of aromatic amines is 2. The van der Waals surface area contributed by atoms with E-state index in [1.807, 2.05) is 46.2 Å². The molecule has 1 aromatic carbocycles. The van der Waals surface area contributed by atoms with Gasteiger partial charge in [-0.25, -0.2) is 14.6 Å². The molecule has 29 nitrogen and oxygen atoms in total. The van der Waals surface area contributed by atoms with E-state index < -0.39 is 35.2 Å². The summed E-state index contributed by atoms with van der Waals surface area (Å²) >= 11 is 4.03. The van der Waals surface area contributed by atoms with Crippen molar-refractivity contribution in [2.45, 2.75) is 206 Å². The van der Waals surface area contributed by atoms with Crippen LogP contribution in [-0.2, 0) is 70.4 Å². The lowest BCUT2D eigenvalue weighted by Crippen LogP contribution is -2.69. The Kier molecular flexibility index (Phi) is 19.6. The molecule has 0 bridgehead atoms. The Morgan fingerprint density at radius 1 is 0.474 bits per heavy atom. The van der Waals surface area contributed by atoms with Crippen LogP contribution in [0.5, 0.6) is 0 Å². The second-order valence-electron chi connectivity index (χ2n) is 27.9.